The van der Waals surface area contributed by atoms with E-state index in [0.29, 0.717) is 19.3 Å². The van der Waals surface area contributed by atoms with Crippen molar-refractivity contribution in [2.24, 2.45) is 0 Å². The molecule has 0 rings (SSSR count). The summed E-state index contributed by atoms with van der Waals surface area (Å²) in [7, 11) is 0. The van der Waals surface area contributed by atoms with Crippen LogP contribution in [-0.2, 0) is 28.6 Å². The molecule has 1 atom stereocenters. The average molecular weight is 1050 g/mol. The lowest BCUT2D eigenvalue weighted by Gasteiger charge is -2.18. The van der Waals surface area contributed by atoms with E-state index in [-0.39, 0.29) is 31.1 Å². The Labute approximate surface area is 465 Å². The molecule has 0 aliphatic carbocycles. The van der Waals surface area contributed by atoms with Crippen molar-refractivity contribution in [3.05, 3.63) is 72.9 Å². The lowest BCUT2D eigenvalue weighted by molar-refractivity contribution is -0.167. The normalized spacial score (nSPS) is 12.5. The van der Waals surface area contributed by atoms with Gasteiger partial charge in [0.2, 0.25) is 0 Å². The van der Waals surface area contributed by atoms with Crippen LogP contribution in [0.25, 0.3) is 0 Å². The molecule has 0 saturated carbocycles. The van der Waals surface area contributed by atoms with Gasteiger partial charge in [0.15, 0.2) is 6.10 Å². The summed E-state index contributed by atoms with van der Waals surface area (Å²) in [5.74, 6) is -0.884. The van der Waals surface area contributed by atoms with Crippen LogP contribution in [0.1, 0.15) is 329 Å². The van der Waals surface area contributed by atoms with Gasteiger partial charge in [-0.2, -0.15) is 0 Å². The number of allylic oxidation sites excluding steroid dienone is 12. The summed E-state index contributed by atoms with van der Waals surface area (Å²) in [6.07, 6.45) is 82.0. The van der Waals surface area contributed by atoms with Crippen LogP contribution in [0.15, 0.2) is 72.9 Å². The van der Waals surface area contributed by atoms with E-state index in [1.165, 1.54) is 193 Å². The number of esters is 3. The second kappa shape index (κ2) is 63.4. The molecule has 0 radical (unpaired) electrons. The molecule has 0 amide bonds. The number of hydrogen-bond donors (Lipinski definition) is 0. The predicted octanol–water partition coefficient (Wildman–Crippen LogP) is 22.1. The highest BCUT2D eigenvalue weighted by molar-refractivity contribution is 5.71. The quantitative estimate of drug-likeness (QED) is 0.0261. The largest absolute Gasteiger partial charge is 0.462 e. The smallest absolute Gasteiger partial charge is 0.306 e. The van der Waals surface area contributed by atoms with Crippen molar-refractivity contribution in [3.63, 3.8) is 0 Å². The second-order valence-electron chi connectivity index (χ2n) is 21.6. The number of carbonyl (C=O) groups is 3. The third-order valence-electron chi connectivity index (χ3n) is 14.2. The Kier molecular flexibility index (Phi) is 60.7. The van der Waals surface area contributed by atoms with Gasteiger partial charge in [-0.1, -0.05) is 280 Å². The van der Waals surface area contributed by atoms with Crippen molar-refractivity contribution in [1.29, 1.82) is 0 Å². The molecular formula is C69H122O6. The van der Waals surface area contributed by atoms with E-state index in [9.17, 15) is 14.4 Å². The third-order valence-corrected chi connectivity index (χ3v) is 14.2. The Bertz CT molecular complexity index is 1390. The van der Waals surface area contributed by atoms with Crippen LogP contribution >= 0.6 is 0 Å². The highest BCUT2D eigenvalue weighted by Gasteiger charge is 2.19. The zero-order valence-corrected chi connectivity index (χ0v) is 49.8. The van der Waals surface area contributed by atoms with Crippen molar-refractivity contribution in [3.8, 4) is 0 Å². The Morgan fingerprint density at radius 1 is 0.280 bits per heavy atom. The summed E-state index contributed by atoms with van der Waals surface area (Å²) in [6.45, 7) is 6.51. The Morgan fingerprint density at radius 2 is 0.533 bits per heavy atom. The Hall–Kier alpha value is -3.15. The fourth-order valence-corrected chi connectivity index (χ4v) is 9.29. The summed E-state index contributed by atoms with van der Waals surface area (Å²) in [6, 6.07) is 0. The van der Waals surface area contributed by atoms with Gasteiger partial charge in [0.05, 0.1) is 0 Å². The van der Waals surface area contributed by atoms with Crippen molar-refractivity contribution < 1.29 is 28.6 Å². The molecule has 434 valence electrons. The Morgan fingerprint density at radius 3 is 0.867 bits per heavy atom. The molecule has 0 aliphatic heterocycles. The molecule has 0 N–H and O–H groups in total. The first-order chi connectivity index (χ1) is 37.0. The first-order valence-corrected chi connectivity index (χ1v) is 32.4. The number of carbonyl (C=O) groups excluding carboxylic acids is 3. The predicted molar refractivity (Wildman–Crippen MR) is 325 cm³/mol. The zero-order valence-electron chi connectivity index (χ0n) is 49.8. The molecule has 0 saturated heterocycles. The molecule has 0 aromatic heterocycles. The lowest BCUT2D eigenvalue weighted by atomic mass is 10.0. The number of hydrogen-bond acceptors (Lipinski definition) is 6. The van der Waals surface area contributed by atoms with Gasteiger partial charge in [-0.15, -0.1) is 0 Å². The van der Waals surface area contributed by atoms with Crippen LogP contribution in [0, 0.1) is 0 Å². The minimum atomic E-state index is -0.783. The number of rotatable bonds is 59. The number of ether oxygens (including phenoxy) is 3. The molecule has 6 heteroatoms. The van der Waals surface area contributed by atoms with Crippen molar-refractivity contribution in [2.75, 3.05) is 13.2 Å². The molecular weight excluding hydrogens is 925 g/mol. The molecule has 1 unspecified atom stereocenters. The average Bonchev–Trinajstić information content (AvgIpc) is 3.41. The van der Waals surface area contributed by atoms with Gasteiger partial charge >= 0.3 is 17.9 Å². The van der Waals surface area contributed by atoms with E-state index in [1.54, 1.807) is 0 Å². The van der Waals surface area contributed by atoms with Crippen molar-refractivity contribution in [2.45, 2.75) is 335 Å². The topological polar surface area (TPSA) is 78.9 Å². The summed E-state index contributed by atoms with van der Waals surface area (Å²) in [5, 5.41) is 0. The zero-order chi connectivity index (χ0) is 54.3. The first kappa shape index (κ1) is 71.8. The minimum Gasteiger partial charge on any atom is -0.462 e. The van der Waals surface area contributed by atoms with Crippen LogP contribution in [-0.4, -0.2) is 37.2 Å². The highest BCUT2D eigenvalue weighted by Crippen LogP contribution is 2.17. The maximum atomic E-state index is 12.9. The molecule has 0 aromatic carbocycles. The second-order valence-corrected chi connectivity index (χ2v) is 21.6. The van der Waals surface area contributed by atoms with Crippen LogP contribution in [0.4, 0.5) is 0 Å². The van der Waals surface area contributed by atoms with E-state index >= 15 is 0 Å². The summed E-state index contributed by atoms with van der Waals surface area (Å²) >= 11 is 0. The maximum absolute atomic E-state index is 12.9. The Balaban J connectivity index is 4.25. The molecule has 0 aliphatic rings. The standard InChI is InChI=1S/C69H122O6/c1-4-7-10-13-16-19-22-24-26-28-30-32-33-34-35-37-38-40-42-44-47-50-53-56-59-62-68(71)74-65-66(64-73-67(70)61-58-55-52-49-46-21-18-15-12-9-6-3)75-69(72)63-60-57-54-51-48-45-43-41-39-36-31-29-27-25-23-20-17-14-11-8-5-2/h8,11,15,17-18,20,25,27-28,30-31,36,66H,4-7,9-10,12-14,16,19,21-24,26,29,32-35,37-65H2,1-3H3/b11-8-,18-15-,20-17-,27-25-,30-28-,36-31-. The van der Waals surface area contributed by atoms with Crippen LogP contribution < -0.4 is 0 Å². The summed E-state index contributed by atoms with van der Waals surface area (Å²) in [4.78, 5) is 38.3. The van der Waals surface area contributed by atoms with Crippen LogP contribution in [0.2, 0.25) is 0 Å². The van der Waals surface area contributed by atoms with Gasteiger partial charge in [-0.3, -0.25) is 14.4 Å². The van der Waals surface area contributed by atoms with E-state index in [2.05, 4.69) is 93.7 Å². The van der Waals surface area contributed by atoms with Crippen molar-refractivity contribution >= 4 is 17.9 Å². The van der Waals surface area contributed by atoms with Gasteiger partial charge in [0, 0.05) is 19.3 Å². The van der Waals surface area contributed by atoms with E-state index in [4.69, 9.17) is 14.2 Å². The molecule has 0 heterocycles. The maximum Gasteiger partial charge on any atom is 0.306 e. The monoisotopic (exact) mass is 1050 g/mol. The molecule has 0 fully saturated rings. The molecule has 6 nitrogen and oxygen atoms in total. The van der Waals surface area contributed by atoms with Gasteiger partial charge in [0.25, 0.3) is 0 Å². The van der Waals surface area contributed by atoms with E-state index in [1.807, 2.05) is 0 Å². The van der Waals surface area contributed by atoms with Crippen molar-refractivity contribution in [1.82, 2.24) is 0 Å². The lowest BCUT2D eigenvalue weighted by Crippen LogP contribution is -2.30. The van der Waals surface area contributed by atoms with Gasteiger partial charge in [0.1, 0.15) is 13.2 Å². The van der Waals surface area contributed by atoms with E-state index in [0.717, 1.165) is 96.3 Å². The number of unbranched alkanes of at least 4 members (excludes halogenated alkanes) is 36. The third kappa shape index (κ3) is 61.6. The molecule has 75 heavy (non-hydrogen) atoms. The van der Waals surface area contributed by atoms with Crippen LogP contribution in [0.5, 0.6) is 0 Å². The molecule has 0 spiro atoms. The minimum absolute atomic E-state index is 0.0796. The van der Waals surface area contributed by atoms with Gasteiger partial charge in [-0.25, -0.2) is 0 Å². The SMILES string of the molecule is CC/C=C\C/C=C\C/C=C\C/C=C\CCCCCCCCCCC(=O)OC(COC(=O)CCCCCCC/C=C\CCCC)COC(=O)CCCCCCCCCCCCCCC/C=C\CCCCCCCCCC. The van der Waals surface area contributed by atoms with Crippen LogP contribution in [0.3, 0.4) is 0 Å². The summed E-state index contributed by atoms with van der Waals surface area (Å²) < 4.78 is 16.9. The molecule has 0 aromatic rings. The summed E-state index contributed by atoms with van der Waals surface area (Å²) in [5.41, 5.74) is 0. The highest BCUT2D eigenvalue weighted by atomic mass is 16.6. The fourth-order valence-electron chi connectivity index (χ4n) is 9.29. The van der Waals surface area contributed by atoms with Gasteiger partial charge in [-0.05, 0) is 103 Å². The molecule has 0 bridgehead atoms. The van der Waals surface area contributed by atoms with E-state index < -0.39 is 6.10 Å². The van der Waals surface area contributed by atoms with Gasteiger partial charge < -0.3 is 14.2 Å². The fraction of sp³-hybridized carbons (Fsp3) is 0.783. The first-order valence-electron chi connectivity index (χ1n) is 32.4.